The summed E-state index contributed by atoms with van der Waals surface area (Å²) in [4.78, 5) is 4.73. The Morgan fingerprint density at radius 3 is 2.72 bits per heavy atom. The van der Waals surface area contributed by atoms with Crippen molar-refractivity contribution in [1.29, 1.82) is 0 Å². The molecule has 0 spiro atoms. The zero-order valence-corrected chi connectivity index (χ0v) is 10.9. The van der Waals surface area contributed by atoms with Crippen LogP contribution in [0, 0.1) is 0 Å². The Bertz CT molecular complexity index is 574. The van der Waals surface area contributed by atoms with E-state index in [2.05, 4.69) is 54.2 Å². The molecule has 18 heavy (non-hydrogen) atoms. The van der Waals surface area contributed by atoms with E-state index in [1.54, 1.807) is 0 Å². The summed E-state index contributed by atoms with van der Waals surface area (Å²) in [5.74, 6) is 1.11. The molecule has 1 unspecified atom stereocenters. The summed E-state index contributed by atoms with van der Waals surface area (Å²) in [6.07, 6.45) is 6.77. The number of fused-ring (bicyclic) bond motifs is 1. The molecule has 3 rings (SSSR count). The number of hydrogen-bond acceptors (Lipinski definition) is 2. The average Bonchev–Trinajstić information content (AvgIpc) is 2.98. The van der Waals surface area contributed by atoms with Crippen molar-refractivity contribution in [3.63, 3.8) is 0 Å². The Balaban J connectivity index is 1.86. The maximum absolute atomic E-state index is 4.73. The van der Waals surface area contributed by atoms with Crippen LogP contribution in [0.3, 0.4) is 0 Å². The van der Waals surface area contributed by atoms with Crippen LogP contribution in [0.4, 0.5) is 0 Å². The maximum atomic E-state index is 4.73. The number of aromatic nitrogens is 2. The maximum Gasteiger partial charge on any atom is 0.126 e. The van der Waals surface area contributed by atoms with Gasteiger partial charge in [0, 0.05) is 13.1 Å². The van der Waals surface area contributed by atoms with Crippen molar-refractivity contribution in [3.8, 4) is 0 Å². The summed E-state index contributed by atoms with van der Waals surface area (Å²) in [5, 5.41) is 3.65. The van der Waals surface area contributed by atoms with Gasteiger partial charge in [-0.3, -0.25) is 0 Å². The number of nitrogens with one attached hydrogen (secondary N) is 1. The van der Waals surface area contributed by atoms with E-state index < -0.39 is 0 Å². The van der Waals surface area contributed by atoms with Crippen molar-refractivity contribution < 1.29 is 0 Å². The Morgan fingerprint density at radius 2 is 2.00 bits per heavy atom. The second-order valence-electron chi connectivity index (χ2n) is 5.05. The van der Waals surface area contributed by atoms with E-state index >= 15 is 0 Å². The van der Waals surface area contributed by atoms with E-state index in [-0.39, 0.29) is 6.04 Å². The van der Waals surface area contributed by atoms with Gasteiger partial charge in [0.15, 0.2) is 0 Å². The molecule has 1 atom stereocenters. The highest BCUT2D eigenvalue weighted by Crippen LogP contribution is 2.21. The van der Waals surface area contributed by atoms with Crippen LogP contribution in [0.2, 0.25) is 0 Å². The molecule has 1 aromatic heterocycles. The first-order valence-corrected chi connectivity index (χ1v) is 6.58. The van der Waals surface area contributed by atoms with E-state index in [1.165, 1.54) is 5.52 Å². The molecule has 1 N–H and O–H groups in total. The van der Waals surface area contributed by atoms with Crippen molar-refractivity contribution in [1.82, 2.24) is 14.9 Å². The molecule has 3 heteroatoms. The summed E-state index contributed by atoms with van der Waals surface area (Å²) in [6.45, 7) is 2.19. The normalized spacial score (nSPS) is 17.7. The second-order valence-corrected chi connectivity index (χ2v) is 5.05. The number of rotatable bonds is 3. The van der Waals surface area contributed by atoms with Crippen LogP contribution in [0.5, 0.6) is 0 Å². The highest BCUT2D eigenvalue weighted by Gasteiger charge is 2.18. The first-order valence-electron chi connectivity index (χ1n) is 6.58. The second kappa shape index (κ2) is 4.58. The average molecular weight is 241 g/mol. The summed E-state index contributed by atoms with van der Waals surface area (Å²) in [7, 11) is 2.09. The predicted octanol–water partition coefficient (Wildman–Crippen LogP) is 2.94. The van der Waals surface area contributed by atoms with Crippen LogP contribution < -0.4 is 5.32 Å². The smallest absolute Gasteiger partial charge is 0.126 e. The van der Waals surface area contributed by atoms with Crippen LogP contribution in [0.15, 0.2) is 36.4 Å². The SMILES string of the molecule is CC(NC1CC=CC1)c1nc2ccccc2n1C. The van der Waals surface area contributed by atoms with Crippen LogP contribution in [-0.4, -0.2) is 15.6 Å². The molecule has 1 aliphatic rings. The van der Waals surface area contributed by atoms with E-state index in [9.17, 15) is 0 Å². The Labute approximate surface area is 108 Å². The molecule has 3 nitrogen and oxygen atoms in total. The molecule has 0 bridgehead atoms. The first-order chi connectivity index (χ1) is 8.75. The topological polar surface area (TPSA) is 29.9 Å². The molecule has 1 heterocycles. The van der Waals surface area contributed by atoms with Crippen molar-refractivity contribution in [2.45, 2.75) is 31.8 Å². The van der Waals surface area contributed by atoms with Gasteiger partial charge in [-0.15, -0.1) is 0 Å². The zero-order valence-electron chi connectivity index (χ0n) is 10.9. The molecule has 0 saturated heterocycles. The van der Waals surface area contributed by atoms with Crippen LogP contribution in [-0.2, 0) is 7.05 Å². The molecule has 2 aromatic rings. The number of nitrogens with zero attached hydrogens (tertiary/aromatic N) is 2. The monoisotopic (exact) mass is 241 g/mol. The standard InChI is InChI=1S/C15H19N3/c1-11(16-12-7-3-4-8-12)15-17-13-9-5-6-10-14(13)18(15)2/h3-6,9-12,16H,7-8H2,1-2H3. The Hall–Kier alpha value is -1.61. The van der Waals surface area contributed by atoms with Gasteiger partial charge < -0.3 is 9.88 Å². The fourth-order valence-corrected chi connectivity index (χ4v) is 2.73. The highest BCUT2D eigenvalue weighted by atomic mass is 15.1. The minimum Gasteiger partial charge on any atom is -0.330 e. The fraction of sp³-hybridized carbons (Fsp3) is 0.400. The summed E-state index contributed by atoms with van der Waals surface area (Å²) >= 11 is 0. The van der Waals surface area contributed by atoms with Gasteiger partial charge in [0.2, 0.25) is 0 Å². The van der Waals surface area contributed by atoms with Gasteiger partial charge in [0.05, 0.1) is 17.1 Å². The van der Waals surface area contributed by atoms with Crippen molar-refractivity contribution in [2.75, 3.05) is 0 Å². The zero-order chi connectivity index (χ0) is 12.5. The molecule has 0 saturated carbocycles. The lowest BCUT2D eigenvalue weighted by Gasteiger charge is -2.18. The lowest BCUT2D eigenvalue weighted by atomic mass is 10.2. The van der Waals surface area contributed by atoms with Crippen molar-refractivity contribution >= 4 is 11.0 Å². The quantitative estimate of drug-likeness (QED) is 0.837. The number of aryl methyl sites for hydroxylation is 1. The van der Waals surface area contributed by atoms with Crippen LogP contribution >= 0.6 is 0 Å². The van der Waals surface area contributed by atoms with Gasteiger partial charge in [-0.25, -0.2) is 4.98 Å². The molecular formula is C15H19N3. The third kappa shape index (κ3) is 1.95. The van der Waals surface area contributed by atoms with E-state index in [0.717, 1.165) is 24.2 Å². The Morgan fingerprint density at radius 1 is 1.28 bits per heavy atom. The minimum atomic E-state index is 0.285. The van der Waals surface area contributed by atoms with E-state index in [0.29, 0.717) is 6.04 Å². The van der Waals surface area contributed by atoms with Gasteiger partial charge in [-0.05, 0) is 31.9 Å². The molecule has 0 amide bonds. The lowest BCUT2D eigenvalue weighted by molar-refractivity contribution is 0.450. The molecular weight excluding hydrogens is 222 g/mol. The Kier molecular flexibility index (Phi) is 2.92. The van der Waals surface area contributed by atoms with E-state index in [1.807, 2.05) is 6.07 Å². The molecule has 0 aliphatic heterocycles. The summed E-state index contributed by atoms with van der Waals surface area (Å²) in [6, 6.07) is 9.15. The van der Waals surface area contributed by atoms with Gasteiger partial charge in [-0.1, -0.05) is 24.3 Å². The predicted molar refractivity (Wildman–Crippen MR) is 74.4 cm³/mol. The summed E-state index contributed by atoms with van der Waals surface area (Å²) < 4.78 is 2.19. The molecule has 0 radical (unpaired) electrons. The van der Waals surface area contributed by atoms with Gasteiger partial charge in [0.1, 0.15) is 5.82 Å². The third-order valence-corrected chi connectivity index (χ3v) is 3.70. The molecule has 1 aliphatic carbocycles. The highest BCUT2D eigenvalue weighted by molar-refractivity contribution is 5.75. The number of imidazole rings is 1. The van der Waals surface area contributed by atoms with Crippen molar-refractivity contribution in [3.05, 3.63) is 42.2 Å². The van der Waals surface area contributed by atoms with E-state index in [4.69, 9.17) is 4.98 Å². The number of para-hydroxylation sites is 2. The van der Waals surface area contributed by atoms with Gasteiger partial charge in [-0.2, -0.15) is 0 Å². The van der Waals surface area contributed by atoms with Gasteiger partial charge >= 0.3 is 0 Å². The third-order valence-electron chi connectivity index (χ3n) is 3.70. The number of benzene rings is 1. The van der Waals surface area contributed by atoms with Gasteiger partial charge in [0.25, 0.3) is 0 Å². The summed E-state index contributed by atoms with van der Waals surface area (Å²) in [5.41, 5.74) is 2.28. The minimum absolute atomic E-state index is 0.285. The molecule has 1 aromatic carbocycles. The largest absolute Gasteiger partial charge is 0.330 e. The van der Waals surface area contributed by atoms with Crippen molar-refractivity contribution in [2.24, 2.45) is 7.05 Å². The molecule has 0 fully saturated rings. The number of hydrogen-bond donors (Lipinski definition) is 1. The first kappa shape index (κ1) is 11.5. The lowest BCUT2D eigenvalue weighted by Crippen LogP contribution is -2.30. The van der Waals surface area contributed by atoms with Crippen LogP contribution in [0.25, 0.3) is 11.0 Å². The molecule has 94 valence electrons. The van der Waals surface area contributed by atoms with Crippen LogP contribution in [0.1, 0.15) is 31.6 Å². The fourth-order valence-electron chi connectivity index (χ4n) is 2.73.